The molecule has 1 aromatic carbocycles. The van der Waals surface area contributed by atoms with Crippen molar-refractivity contribution >= 4 is 0 Å². The fourth-order valence-electron chi connectivity index (χ4n) is 1.78. The van der Waals surface area contributed by atoms with Crippen LogP contribution in [0.1, 0.15) is 17.0 Å². The zero-order valence-electron chi connectivity index (χ0n) is 10.6. The van der Waals surface area contributed by atoms with Crippen molar-refractivity contribution < 1.29 is 9.47 Å². The van der Waals surface area contributed by atoms with E-state index in [1.807, 2.05) is 31.2 Å². The summed E-state index contributed by atoms with van der Waals surface area (Å²) in [6.07, 6.45) is 0. The summed E-state index contributed by atoms with van der Waals surface area (Å²) in [4.78, 5) is 0. The molecule has 0 fully saturated rings. The van der Waals surface area contributed by atoms with Gasteiger partial charge in [-0.1, -0.05) is 12.1 Å². The third kappa shape index (κ3) is 2.46. The number of nitrogens with zero attached hydrogens (tertiary/aromatic N) is 1. The summed E-state index contributed by atoms with van der Waals surface area (Å²) < 4.78 is 10.9. The Kier molecular flexibility index (Phi) is 3.84. The normalized spacial score (nSPS) is 10.4. The molecule has 5 heteroatoms. The lowest BCUT2D eigenvalue weighted by Gasteiger charge is -2.09. The molecule has 96 valence electrons. The molecule has 0 saturated heterocycles. The van der Waals surface area contributed by atoms with E-state index in [0.717, 1.165) is 17.0 Å². The zero-order valence-corrected chi connectivity index (χ0v) is 10.6. The van der Waals surface area contributed by atoms with Gasteiger partial charge in [-0.15, -0.1) is 0 Å². The summed E-state index contributed by atoms with van der Waals surface area (Å²) >= 11 is 0. The van der Waals surface area contributed by atoms with E-state index in [2.05, 4.69) is 10.2 Å². The lowest BCUT2D eigenvalue weighted by molar-refractivity contribution is 0.279. The van der Waals surface area contributed by atoms with E-state index in [1.54, 1.807) is 7.11 Å². The van der Waals surface area contributed by atoms with Crippen LogP contribution in [0.3, 0.4) is 0 Å². The SMILES string of the molecule is COc1ccccc1OCc1n[nH]c(C)c1CN. The standard InChI is InChI=1S/C13H17N3O2/c1-9-10(7-14)11(16-15-9)8-18-13-6-4-3-5-12(13)17-2/h3-6H,7-8,14H2,1-2H3,(H,15,16). The Labute approximate surface area is 106 Å². The van der Waals surface area contributed by atoms with Gasteiger partial charge in [-0.05, 0) is 19.1 Å². The Morgan fingerprint density at radius 1 is 1.28 bits per heavy atom. The van der Waals surface area contributed by atoms with Gasteiger partial charge in [-0.3, -0.25) is 5.10 Å². The van der Waals surface area contributed by atoms with Gasteiger partial charge in [-0.2, -0.15) is 5.10 Å². The second-order valence-corrected chi connectivity index (χ2v) is 3.92. The summed E-state index contributed by atoms with van der Waals surface area (Å²) in [5.41, 5.74) is 8.50. The van der Waals surface area contributed by atoms with Crippen LogP contribution >= 0.6 is 0 Å². The number of ether oxygens (including phenoxy) is 2. The van der Waals surface area contributed by atoms with Crippen molar-refractivity contribution in [1.82, 2.24) is 10.2 Å². The number of aryl methyl sites for hydroxylation is 1. The van der Waals surface area contributed by atoms with Crippen molar-refractivity contribution in [3.8, 4) is 11.5 Å². The lowest BCUT2D eigenvalue weighted by atomic mass is 10.2. The van der Waals surface area contributed by atoms with E-state index in [-0.39, 0.29) is 0 Å². The first-order valence-corrected chi connectivity index (χ1v) is 5.75. The van der Waals surface area contributed by atoms with E-state index in [4.69, 9.17) is 15.2 Å². The molecule has 0 unspecified atom stereocenters. The summed E-state index contributed by atoms with van der Waals surface area (Å²) in [6, 6.07) is 7.52. The van der Waals surface area contributed by atoms with E-state index >= 15 is 0 Å². The number of aromatic nitrogens is 2. The highest BCUT2D eigenvalue weighted by Gasteiger charge is 2.10. The molecule has 2 rings (SSSR count). The Bertz CT molecular complexity index is 523. The van der Waals surface area contributed by atoms with Gasteiger partial charge in [-0.25, -0.2) is 0 Å². The molecule has 18 heavy (non-hydrogen) atoms. The van der Waals surface area contributed by atoms with Crippen LogP contribution < -0.4 is 15.2 Å². The number of nitrogens with two attached hydrogens (primary N) is 1. The maximum atomic E-state index is 5.71. The van der Waals surface area contributed by atoms with Crippen LogP contribution in [-0.2, 0) is 13.2 Å². The topological polar surface area (TPSA) is 73.2 Å². The quantitative estimate of drug-likeness (QED) is 0.844. The smallest absolute Gasteiger partial charge is 0.161 e. The molecule has 0 saturated carbocycles. The van der Waals surface area contributed by atoms with E-state index in [0.29, 0.717) is 24.7 Å². The second kappa shape index (κ2) is 5.55. The zero-order chi connectivity index (χ0) is 13.0. The highest BCUT2D eigenvalue weighted by Crippen LogP contribution is 2.26. The van der Waals surface area contributed by atoms with Crippen LogP contribution in [0.2, 0.25) is 0 Å². The van der Waals surface area contributed by atoms with Crippen LogP contribution in [0.4, 0.5) is 0 Å². The van der Waals surface area contributed by atoms with Crippen molar-refractivity contribution in [3.05, 3.63) is 41.2 Å². The number of benzene rings is 1. The van der Waals surface area contributed by atoms with Gasteiger partial charge in [0.2, 0.25) is 0 Å². The largest absolute Gasteiger partial charge is 0.493 e. The molecule has 0 aliphatic heterocycles. The number of hydrogen-bond donors (Lipinski definition) is 2. The highest BCUT2D eigenvalue weighted by molar-refractivity contribution is 5.39. The molecular formula is C13H17N3O2. The maximum absolute atomic E-state index is 5.71. The average molecular weight is 247 g/mol. The van der Waals surface area contributed by atoms with Crippen LogP contribution in [0.25, 0.3) is 0 Å². The molecular weight excluding hydrogens is 230 g/mol. The van der Waals surface area contributed by atoms with Gasteiger partial charge in [0.1, 0.15) is 12.3 Å². The number of methoxy groups -OCH3 is 1. The maximum Gasteiger partial charge on any atom is 0.161 e. The molecule has 0 amide bonds. The van der Waals surface area contributed by atoms with Gasteiger partial charge >= 0.3 is 0 Å². The number of hydrogen-bond acceptors (Lipinski definition) is 4. The molecule has 0 aliphatic carbocycles. The van der Waals surface area contributed by atoms with Gasteiger partial charge in [0.15, 0.2) is 11.5 Å². The molecule has 0 bridgehead atoms. The molecule has 0 spiro atoms. The average Bonchev–Trinajstić information content (AvgIpc) is 2.77. The van der Waals surface area contributed by atoms with Crippen molar-refractivity contribution in [3.63, 3.8) is 0 Å². The number of aromatic amines is 1. The van der Waals surface area contributed by atoms with E-state index < -0.39 is 0 Å². The monoisotopic (exact) mass is 247 g/mol. The number of rotatable bonds is 5. The van der Waals surface area contributed by atoms with Gasteiger partial charge < -0.3 is 15.2 Å². The van der Waals surface area contributed by atoms with Crippen molar-refractivity contribution in [2.24, 2.45) is 5.73 Å². The van der Waals surface area contributed by atoms with Crippen molar-refractivity contribution in [1.29, 1.82) is 0 Å². The molecule has 3 N–H and O–H groups in total. The highest BCUT2D eigenvalue weighted by atomic mass is 16.5. The summed E-state index contributed by atoms with van der Waals surface area (Å²) in [5.74, 6) is 1.41. The Balaban J connectivity index is 2.11. The van der Waals surface area contributed by atoms with Crippen molar-refractivity contribution in [2.75, 3.05) is 7.11 Å². The minimum atomic E-state index is 0.372. The fraction of sp³-hybridized carbons (Fsp3) is 0.308. The first-order valence-electron chi connectivity index (χ1n) is 5.75. The van der Waals surface area contributed by atoms with E-state index in [1.165, 1.54) is 0 Å². The molecule has 0 atom stereocenters. The molecule has 2 aromatic rings. The molecule has 1 aromatic heterocycles. The van der Waals surface area contributed by atoms with Crippen LogP contribution in [-0.4, -0.2) is 17.3 Å². The first kappa shape index (κ1) is 12.4. The summed E-state index contributed by atoms with van der Waals surface area (Å²) in [5, 5.41) is 7.10. The number of H-pyrrole nitrogens is 1. The minimum absolute atomic E-state index is 0.372. The molecule has 5 nitrogen and oxygen atoms in total. The first-order chi connectivity index (χ1) is 8.76. The van der Waals surface area contributed by atoms with Gasteiger partial charge in [0.05, 0.1) is 7.11 Å². The number of para-hydroxylation sites is 2. The van der Waals surface area contributed by atoms with E-state index in [9.17, 15) is 0 Å². The number of nitrogens with one attached hydrogen (secondary N) is 1. The third-order valence-corrected chi connectivity index (χ3v) is 2.80. The fourth-order valence-corrected chi connectivity index (χ4v) is 1.78. The molecule has 0 aliphatic rings. The molecule has 1 heterocycles. The molecule has 0 radical (unpaired) electrons. The lowest BCUT2D eigenvalue weighted by Crippen LogP contribution is -2.04. The summed E-state index contributed by atoms with van der Waals surface area (Å²) in [7, 11) is 1.62. The second-order valence-electron chi connectivity index (χ2n) is 3.92. The Morgan fingerprint density at radius 2 is 2.00 bits per heavy atom. The third-order valence-electron chi connectivity index (χ3n) is 2.80. The predicted octanol–water partition coefficient (Wildman–Crippen LogP) is 1.76. The van der Waals surface area contributed by atoms with Crippen LogP contribution in [0.15, 0.2) is 24.3 Å². The van der Waals surface area contributed by atoms with Crippen LogP contribution in [0.5, 0.6) is 11.5 Å². The summed E-state index contributed by atoms with van der Waals surface area (Å²) in [6.45, 7) is 2.77. The van der Waals surface area contributed by atoms with Crippen LogP contribution in [0, 0.1) is 6.92 Å². The van der Waals surface area contributed by atoms with Gasteiger partial charge in [0.25, 0.3) is 0 Å². The Morgan fingerprint density at radius 3 is 2.67 bits per heavy atom. The predicted molar refractivity (Wildman–Crippen MR) is 68.5 cm³/mol. The Hall–Kier alpha value is -2.01. The van der Waals surface area contributed by atoms with Gasteiger partial charge in [0, 0.05) is 17.8 Å². The minimum Gasteiger partial charge on any atom is -0.493 e. The van der Waals surface area contributed by atoms with Crippen molar-refractivity contribution in [2.45, 2.75) is 20.1 Å².